The van der Waals surface area contributed by atoms with E-state index in [1.165, 1.54) is 0 Å². The average molecular weight is 318 g/mol. The highest BCUT2D eigenvalue weighted by molar-refractivity contribution is 5.76. The smallest absolute Gasteiger partial charge is 0.225 e. The van der Waals surface area contributed by atoms with Crippen LogP contribution in [-0.2, 0) is 9.53 Å². The third-order valence-corrected chi connectivity index (χ3v) is 4.69. The van der Waals surface area contributed by atoms with Gasteiger partial charge in [0.15, 0.2) is 0 Å². The lowest BCUT2D eigenvalue weighted by Crippen LogP contribution is -2.42. The SMILES string of the molecule is Cc1cc(C)nc(N2CCC(CC(=O)N3CCOCC3)CC2)n1. The van der Waals surface area contributed by atoms with Crippen LogP contribution >= 0.6 is 0 Å². The Morgan fingerprint density at radius 2 is 1.74 bits per heavy atom. The Hall–Kier alpha value is -1.69. The molecule has 6 heteroatoms. The highest BCUT2D eigenvalue weighted by Crippen LogP contribution is 2.24. The molecule has 23 heavy (non-hydrogen) atoms. The van der Waals surface area contributed by atoms with Gasteiger partial charge >= 0.3 is 0 Å². The molecule has 0 aliphatic carbocycles. The Kier molecular flexibility index (Phi) is 5.10. The molecule has 2 fully saturated rings. The number of morpholine rings is 1. The molecule has 126 valence electrons. The summed E-state index contributed by atoms with van der Waals surface area (Å²) in [6, 6.07) is 2.00. The first-order chi connectivity index (χ1) is 11.1. The number of carbonyl (C=O) groups is 1. The summed E-state index contributed by atoms with van der Waals surface area (Å²) in [6.07, 6.45) is 2.74. The maximum absolute atomic E-state index is 12.3. The standard InChI is InChI=1S/C17H26N4O2/c1-13-11-14(2)19-17(18-13)21-5-3-15(4-6-21)12-16(22)20-7-9-23-10-8-20/h11,15H,3-10,12H2,1-2H3. The number of rotatable bonds is 3. The Balaban J connectivity index is 1.51. The first-order valence-corrected chi connectivity index (χ1v) is 8.54. The quantitative estimate of drug-likeness (QED) is 0.846. The molecular weight excluding hydrogens is 292 g/mol. The van der Waals surface area contributed by atoms with Gasteiger partial charge in [-0.2, -0.15) is 0 Å². The summed E-state index contributed by atoms with van der Waals surface area (Å²) in [5.41, 5.74) is 2.02. The van der Waals surface area contributed by atoms with Crippen LogP contribution in [0.3, 0.4) is 0 Å². The summed E-state index contributed by atoms with van der Waals surface area (Å²) in [4.78, 5) is 25.6. The first-order valence-electron chi connectivity index (χ1n) is 8.54. The van der Waals surface area contributed by atoms with Crippen molar-refractivity contribution in [3.63, 3.8) is 0 Å². The minimum Gasteiger partial charge on any atom is -0.378 e. The Labute approximate surface area is 137 Å². The lowest BCUT2D eigenvalue weighted by molar-refractivity contribution is -0.136. The van der Waals surface area contributed by atoms with Crippen LogP contribution in [0.2, 0.25) is 0 Å². The molecule has 3 rings (SSSR count). The summed E-state index contributed by atoms with van der Waals surface area (Å²) >= 11 is 0. The van der Waals surface area contributed by atoms with Gasteiger partial charge in [0, 0.05) is 44.0 Å². The number of ether oxygens (including phenoxy) is 1. The fraction of sp³-hybridized carbons (Fsp3) is 0.706. The molecule has 0 aromatic carbocycles. The largest absolute Gasteiger partial charge is 0.378 e. The molecular formula is C17H26N4O2. The number of nitrogens with zero attached hydrogens (tertiary/aromatic N) is 4. The molecule has 0 radical (unpaired) electrons. The molecule has 0 saturated carbocycles. The topological polar surface area (TPSA) is 58.6 Å². The van der Waals surface area contributed by atoms with Gasteiger partial charge in [0.1, 0.15) is 0 Å². The minimum atomic E-state index is 0.286. The summed E-state index contributed by atoms with van der Waals surface area (Å²) in [6.45, 7) is 8.72. The lowest BCUT2D eigenvalue weighted by Gasteiger charge is -2.33. The van der Waals surface area contributed by atoms with Crippen LogP contribution in [0.5, 0.6) is 0 Å². The van der Waals surface area contributed by atoms with Crippen LogP contribution in [0.25, 0.3) is 0 Å². The van der Waals surface area contributed by atoms with Crippen molar-refractivity contribution in [1.29, 1.82) is 0 Å². The molecule has 3 heterocycles. The van der Waals surface area contributed by atoms with Crippen molar-refractivity contribution in [1.82, 2.24) is 14.9 Å². The van der Waals surface area contributed by atoms with Gasteiger partial charge in [0.2, 0.25) is 11.9 Å². The summed E-state index contributed by atoms with van der Waals surface area (Å²) in [5.74, 6) is 1.60. The van der Waals surface area contributed by atoms with Gasteiger partial charge in [0.05, 0.1) is 13.2 Å². The van der Waals surface area contributed by atoms with Gasteiger partial charge in [-0.05, 0) is 38.7 Å². The lowest BCUT2D eigenvalue weighted by atomic mass is 9.93. The van der Waals surface area contributed by atoms with Crippen molar-refractivity contribution in [3.05, 3.63) is 17.5 Å². The molecule has 6 nitrogen and oxygen atoms in total. The van der Waals surface area contributed by atoms with E-state index in [2.05, 4.69) is 14.9 Å². The minimum absolute atomic E-state index is 0.286. The molecule has 1 aromatic rings. The number of hydrogen-bond donors (Lipinski definition) is 0. The van der Waals surface area contributed by atoms with E-state index in [0.717, 1.165) is 56.4 Å². The van der Waals surface area contributed by atoms with Crippen molar-refractivity contribution in [3.8, 4) is 0 Å². The number of piperidine rings is 1. The second kappa shape index (κ2) is 7.25. The molecule has 1 aromatic heterocycles. The number of carbonyl (C=O) groups excluding carboxylic acids is 1. The number of aryl methyl sites for hydroxylation is 2. The maximum atomic E-state index is 12.3. The van der Waals surface area contributed by atoms with Crippen LogP contribution in [0.4, 0.5) is 5.95 Å². The van der Waals surface area contributed by atoms with Crippen molar-refractivity contribution >= 4 is 11.9 Å². The summed E-state index contributed by atoms with van der Waals surface area (Å²) < 4.78 is 5.31. The second-order valence-electron chi connectivity index (χ2n) is 6.58. The summed E-state index contributed by atoms with van der Waals surface area (Å²) in [5, 5.41) is 0. The maximum Gasteiger partial charge on any atom is 0.225 e. The fourth-order valence-electron chi connectivity index (χ4n) is 3.37. The number of amides is 1. The van der Waals surface area contributed by atoms with E-state index >= 15 is 0 Å². The molecule has 0 spiro atoms. The normalized spacial score (nSPS) is 19.9. The van der Waals surface area contributed by atoms with Crippen LogP contribution in [0.15, 0.2) is 6.07 Å². The zero-order valence-corrected chi connectivity index (χ0v) is 14.1. The van der Waals surface area contributed by atoms with E-state index in [4.69, 9.17) is 4.74 Å². The zero-order valence-electron chi connectivity index (χ0n) is 14.1. The highest BCUT2D eigenvalue weighted by Gasteiger charge is 2.25. The predicted octanol–water partition coefficient (Wildman–Crippen LogP) is 1.56. The Morgan fingerprint density at radius 3 is 2.35 bits per heavy atom. The third-order valence-electron chi connectivity index (χ3n) is 4.69. The van der Waals surface area contributed by atoms with Crippen molar-refractivity contribution in [2.24, 2.45) is 5.92 Å². The van der Waals surface area contributed by atoms with Crippen LogP contribution < -0.4 is 4.90 Å². The molecule has 0 N–H and O–H groups in total. The molecule has 2 aliphatic rings. The molecule has 2 saturated heterocycles. The molecule has 0 unspecified atom stereocenters. The number of hydrogen-bond acceptors (Lipinski definition) is 5. The fourth-order valence-corrected chi connectivity index (χ4v) is 3.37. The van der Waals surface area contributed by atoms with E-state index in [1.807, 2.05) is 24.8 Å². The van der Waals surface area contributed by atoms with Crippen molar-refractivity contribution in [2.45, 2.75) is 33.1 Å². The van der Waals surface area contributed by atoms with Crippen LogP contribution in [-0.4, -0.2) is 60.2 Å². The summed E-state index contributed by atoms with van der Waals surface area (Å²) in [7, 11) is 0. The van der Waals surface area contributed by atoms with Gasteiger partial charge in [0.25, 0.3) is 0 Å². The van der Waals surface area contributed by atoms with Crippen LogP contribution in [0.1, 0.15) is 30.7 Å². The van der Waals surface area contributed by atoms with Crippen molar-refractivity contribution in [2.75, 3.05) is 44.3 Å². The molecule has 0 bridgehead atoms. The second-order valence-corrected chi connectivity index (χ2v) is 6.58. The van der Waals surface area contributed by atoms with E-state index < -0.39 is 0 Å². The van der Waals surface area contributed by atoms with Gasteiger partial charge in [-0.15, -0.1) is 0 Å². The molecule has 1 amide bonds. The van der Waals surface area contributed by atoms with E-state index in [9.17, 15) is 4.79 Å². The van der Waals surface area contributed by atoms with Crippen molar-refractivity contribution < 1.29 is 9.53 Å². The van der Waals surface area contributed by atoms with Gasteiger partial charge in [-0.1, -0.05) is 0 Å². The zero-order chi connectivity index (χ0) is 16.2. The first kappa shape index (κ1) is 16.2. The monoisotopic (exact) mass is 318 g/mol. The van der Waals surface area contributed by atoms with E-state index in [-0.39, 0.29) is 5.91 Å². The molecule has 2 aliphatic heterocycles. The number of anilines is 1. The number of aromatic nitrogens is 2. The third kappa shape index (κ3) is 4.19. The Bertz CT molecular complexity index is 529. The van der Waals surface area contributed by atoms with E-state index in [1.54, 1.807) is 0 Å². The molecule has 0 atom stereocenters. The Morgan fingerprint density at radius 1 is 1.13 bits per heavy atom. The average Bonchev–Trinajstić information content (AvgIpc) is 2.55. The highest BCUT2D eigenvalue weighted by atomic mass is 16.5. The predicted molar refractivity (Wildman–Crippen MR) is 88.5 cm³/mol. The van der Waals surface area contributed by atoms with Crippen LogP contribution in [0, 0.1) is 19.8 Å². The van der Waals surface area contributed by atoms with Gasteiger partial charge in [-0.3, -0.25) is 4.79 Å². The van der Waals surface area contributed by atoms with E-state index in [0.29, 0.717) is 25.6 Å². The van der Waals surface area contributed by atoms with Gasteiger partial charge in [-0.25, -0.2) is 9.97 Å². The van der Waals surface area contributed by atoms with Gasteiger partial charge < -0.3 is 14.5 Å².